The van der Waals surface area contributed by atoms with Crippen molar-refractivity contribution in [3.63, 3.8) is 0 Å². The minimum atomic E-state index is -1.15. The van der Waals surface area contributed by atoms with Crippen LogP contribution in [0.4, 0.5) is 5.69 Å². The molecule has 0 saturated carbocycles. The molecule has 1 rings (SSSR count). The number of rotatable bonds is 3. The van der Waals surface area contributed by atoms with Crippen LogP contribution in [0, 0.1) is 0 Å². The highest BCUT2D eigenvalue weighted by Gasteiger charge is 2.05. The molecule has 0 bridgehead atoms. The molecule has 13 heavy (non-hydrogen) atoms. The number of hydrogen-bond acceptors (Lipinski definition) is 2. The maximum atomic E-state index is 11.1. The van der Waals surface area contributed by atoms with Crippen molar-refractivity contribution in [2.75, 3.05) is 11.0 Å². The summed E-state index contributed by atoms with van der Waals surface area (Å²) in [7, 11) is -1.15. The molecule has 0 saturated heterocycles. The van der Waals surface area contributed by atoms with Crippen molar-refractivity contribution in [1.82, 2.24) is 0 Å². The summed E-state index contributed by atoms with van der Waals surface area (Å²) < 4.78 is 13.6. The van der Waals surface area contributed by atoms with Crippen LogP contribution in [0.25, 0.3) is 0 Å². The van der Waals surface area contributed by atoms with E-state index in [0.29, 0.717) is 11.3 Å². The maximum absolute atomic E-state index is 11.1. The number of ketones is 1. The Morgan fingerprint density at radius 1 is 1.38 bits per heavy atom. The molecular formula is C9H11NO2S. The van der Waals surface area contributed by atoms with Gasteiger partial charge in [-0.3, -0.25) is 4.79 Å². The van der Waals surface area contributed by atoms with Crippen LogP contribution in [-0.4, -0.2) is 16.2 Å². The standard InChI is InChI=1S/C9H11NO2S/c1-7(11)8-5-3-4-6-9(8)10-13(2)12/h3-6,10H,1-2H3. The van der Waals surface area contributed by atoms with Gasteiger partial charge in [-0.1, -0.05) is 12.1 Å². The minimum Gasteiger partial charge on any atom is -0.305 e. The van der Waals surface area contributed by atoms with Crippen LogP contribution in [0.2, 0.25) is 0 Å². The Morgan fingerprint density at radius 2 is 2.00 bits per heavy atom. The lowest BCUT2D eigenvalue weighted by Crippen LogP contribution is -2.05. The fraction of sp³-hybridized carbons (Fsp3) is 0.222. The second-order valence-electron chi connectivity index (χ2n) is 2.66. The fourth-order valence-corrected chi connectivity index (χ4v) is 1.52. The first-order chi connectivity index (χ1) is 6.11. The van der Waals surface area contributed by atoms with Crippen LogP contribution in [-0.2, 0) is 11.0 Å². The summed E-state index contributed by atoms with van der Waals surface area (Å²) in [6.45, 7) is 1.49. The SMILES string of the molecule is CC(=O)c1ccccc1NS(C)=O. The van der Waals surface area contributed by atoms with Gasteiger partial charge in [0, 0.05) is 11.8 Å². The van der Waals surface area contributed by atoms with E-state index in [2.05, 4.69) is 4.72 Å². The van der Waals surface area contributed by atoms with Gasteiger partial charge in [0.1, 0.15) is 11.0 Å². The average molecular weight is 197 g/mol. The van der Waals surface area contributed by atoms with Crippen LogP contribution in [0.1, 0.15) is 17.3 Å². The highest BCUT2D eigenvalue weighted by atomic mass is 32.2. The first-order valence-corrected chi connectivity index (χ1v) is 5.37. The summed E-state index contributed by atoms with van der Waals surface area (Å²) in [6.07, 6.45) is 1.52. The molecule has 3 nitrogen and oxygen atoms in total. The minimum absolute atomic E-state index is 0.0337. The van der Waals surface area contributed by atoms with Gasteiger partial charge in [0.05, 0.1) is 5.69 Å². The van der Waals surface area contributed by atoms with E-state index in [1.807, 2.05) is 0 Å². The van der Waals surface area contributed by atoms with Crippen molar-refractivity contribution < 1.29 is 9.00 Å². The molecule has 70 valence electrons. The molecule has 0 amide bonds. The van der Waals surface area contributed by atoms with Crippen molar-refractivity contribution >= 4 is 22.5 Å². The number of carbonyl (C=O) groups excluding carboxylic acids is 1. The summed E-state index contributed by atoms with van der Waals surface area (Å²) in [6, 6.07) is 7.01. The van der Waals surface area contributed by atoms with Crippen LogP contribution in [0.15, 0.2) is 24.3 Å². The van der Waals surface area contributed by atoms with E-state index in [9.17, 15) is 9.00 Å². The van der Waals surface area contributed by atoms with Gasteiger partial charge in [-0.25, -0.2) is 4.21 Å². The lowest BCUT2D eigenvalue weighted by molar-refractivity contribution is 0.101. The Balaban J connectivity index is 3.04. The zero-order valence-corrected chi connectivity index (χ0v) is 8.35. The second kappa shape index (κ2) is 4.18. The summed E-state index contributed by atoms with van der Waals surface area (Å²) in [4.78, 5) is 11.1. The van der Waals surface area contributed by atoms with Crippen molar-refractivity contribution in [3.8, 4) is 0 Å². The Kier molecular flexibility index (Phi) is 3.19. The van der Waals surface area contributed by atoms with Gasteiger partial charge in [0.15, 0.2) is 5.78 Å². The van der Waals surface area contributed by atoms with E-state index < -0.39 is 11.0 Å². The number of anilines is 1. The molecule has 0 spiro atoms. The van der Waals surface area contributed by atoms with Crippen molar-refractivity contribution in [3.05, 3.63) is 29.8 Å². The number of Topliss-reactive ketones (excluding diaryl/α,β-unsaturated/α-hetero) is 1. The molecule has 1 atom stereocenters. The second-order valence-corrected chi connectivity index (χ2v) is 3.77. The van der Waals surface area contributed by atoms with Gasteiger partial charge in [0.25, 0.3) is 0 Å². The summed E-state index contributed by atoms with van der Waals surface area (Å²) in [5.41, 5.74) is 1.19. The van der Waals surface area contributed by atoms with Crippen LogP contribution < -0.4 is 4.72 Å². The first kappa shape index (κ1) is 9.92. The summed E-state index contributed by atoms with van der Waals surface area (Å²) in [5, 5.41) is 0. The normalized spacial score (nSPS) is 12.2. The molecule has 0 heterocycles. The number of carbonyl (C=O) groups is 1. The van der Waals surface area contributed by atoms with Crippen molar-refractivity contribution in [1.29, 1.82) is 0 Å². The van der Waals surface area contributed by atoms with Gasteiger partial charge in [-0.05, 0) is 19.1 Å². The van der Waals surface area contributed by atoms with Crippen LogP contribution >= 0.6 is 0 Å². The molecule has 0 radical (unpaired) electrons. The number of hydrogen-bond donors (Lipinski definition) is 1. The third kappa shape index (κ3) is 2.66. The molecule has 0 aliphatic rings. The maximum Gasteiger partial charge on any atom is 0.161 e. The Labute approximate surface area is 79.7 Å². The monoisotopic (exact) mass is 197 g/mol. The summed E-state index contributed by atoms with van der Waals surface area (Å²) >= 11 is 0. The van der Waals surface area contributed by atoms with E-state index >= 15 is 0 Å². The molecule has 0 fully saturated rings. The molecule has 1 aromatic rings. The Bertz CT molecular complexity index is 349. The van der Waals surface area contributed by atoms with Gasteiger partial charge in [-0.2, -0.15) is 0 Å². The predicted molar refractivity (Wildman–Crippen MR) is 54.1 cm³/mol. The molecule has 4 heteroatoms. The third-order valence-corrected chi connectivity index (χ3v) is 2.07. The number of benzene rings is 1. The molecular weight excluding hydrogens is 186 g/mol. The van der Waals surface area contributed by atoms with E-state index in [0.717, 1.165) is 0 Å². The summed E-state index contributed by atoms with van der Waals surface area (Å²) in [5.74, 6) is -0.0337. The Morgan fingerprint density at radius 3 is 2.54 bits per heavy atom. The topological polar surface area (TPSA) is 46.2 Å². The molecule has 1 aromatic carbocycles. The highest BCUT2D eigenvalue weighted by molar-refractivity contribution is 7.85. The quantitative estimate of drug-likeness (QED) is 0.748. The smallest absolute Gasteiger partial charge is 0.161 e. The molecule has 0 aliphatic heterocycles. The van der Waals surface area contributed by atoms with Gasteiger partial charge >= 0.3 is 0 Å². The number of para-hydroxylation sites is 1. The van der Waals surface area contributed by atoms with E-state index in [1.54, 1.807) is 24.3 Å². The van der Waals surface area contributed by atoms with E-state index in [-0.39, 0.29) is 5.78 Å². The molecule has 1 N–H and O–H groups in total. The van der Waals surface area contributed by atoms with Crippen molar-refractivity contribution in [2.24, 2.45) is 0 Å². The van der Waals surface area contributed by atoms with Gasteiger partial charge in [0.2, 0.25) is 0 Å². The van der Waals surface area contributed by atoms with Gasteiger partial charge in [-0.15, -0.1) is 0 Å². The van der Waals surface area contributed by atoms with Gasteiger partial charge < -0.3 is 4.72 Å². The van der Waals surface area contributed by atoms with Crippen LogP contribution in [0.3, 0.4) is 0 Å². The zero-order chi connectivity index (χ0) is 9.84. The van der Waals surface area contributed by atoms with Crippen LogP contribution in [0.5, 0.6) is 0 Å². The lowest BCUT2D eigenvalue weighted by Gasteiger charge is -2.06. The lowest BCUT2D eigenvalue weighted by atomic mass is 10.1. The third-order valence-electron chi connectivity index (χ3n) is 1.56. The highest BCUT2D eigenvalue weighted by Crippen LogP contribution is 2.15. The van der Waals surface area contributed by atoms with Crippen molar-refractivity contribution in [2.45, 2.75) is 6.92 Å². The van der Waals surface area contributed by atoms with E-state index in [4.69, 9.17) is 0 Å². The fourth-order valence-electron chi connectivity index (χ4n) is 1.03. The number of nitrogens with one attached hydrogen (secondary N) is 1. The first-order valence-electron chi connectivity index (χ1n) is 3.81. The molecule has 1 unspecified atom stereocenters. The molecule has 0 aliphatic carbocycles. The average Bonchev–Trinajstić information content (AvgIpc) is 2.03. The Hall–Kier alpha value is -1.16. The molecule has 0 aromatic heterocycles. The van der Waals surface area contributed by atoms with E-state index in [1.165, 1.54) is 13.2 Å². The largest absolute Gasteiger partial charge is 0.305 e. The predicted octanol–water partition coefficient (Wildman–Crippen LogP) is 1.59. The zero-order valence-electron chi connectivity index (χ0n) is 7.53.